The summed E-state index contributed by atoms with van der Waals surface area (Å²) in [6.07, 6.45) is 8.48. The van der Waals surface area contributed by atoms with Crippen LogP contribution in [0.15, 0.2) is 39.4 Å². The van der Waals surface area contributed by atoms with Crippen LogP contribution in [0.1, 0.15) is 79.2 Å². The molecule has 3 aromatic rings. The molecule has 2 aromatic carbocycles. The second-order valence-electron chi connectivity index (χ2n) is 9.59. The number of ether oxygens (including phenoxy) is 1. The van der Waals surface area contributed by atoms with E-state index < -0.39 is 0 Å². The van der Waals surface area contributed by atoms with E-state index in [0.717, 1.165) is 59.9 Å². The van der Waals surface area contributed by atoms with Crippen LogP contribution in [0.25, 0.3) is 11.0 Å². The van der Waals surface area contributed by atoms with Crippen LogP contribution in [0.3, 0.4) is 0 Å². The second kappa shape index (κ2) is 9.09. The Labute approximate surface area is 202 Å². The molecule has 172 valence electrons. The van der Waals surface area contributed by atoms with Gasteiger partial charge < -0.3 is 18.7 Å². The molecule has 0 radical (unpaired) electrons. The number of carbonyl (C=O) groups is 2. The van der Waals surface area contributed by atoms with E-state index in [1.807, 2.05) is 6.07 Å². The minimum atomic E-state index is 0.266. The Morgan fingerprint density at radius 3 is 2.36 bits per heavy atom. The largest absolute Gasteiger partial charge is 0.493 e. The Balaban J connectivity index is 0.000000139. The Kier molecular flexibility index (Phi) is 6.17. The number of rotatable bonds is 4. The summed E-state index contributed by atoms with van der Waals surface area (Å²) in [4.78, 5) is 22.6. The third-order valence-corrected chi connectivity index (χ3v) is 7.83. The molecule has 0 spiro atoms. The Morgan fingerprint density at radius 2 is 1.64 bits per heavy atom. The molecule has 0 amide bonds. The van der Waals surface area contributed by atoms with Gasteiger partial charge in [0, 0.05) is 30.2 Å². The summed E-state index contributed by atoms with van der Waals surface area (Å²) in [6, 6.07) is 8.43. The van der Waals surface area contributed by atoms with Gasteiger partial charge in [0.1, 0.15) is 22.9 Å². The van der Waals surface area contributed by atoms with E-state index in [9.17, 15) is 9.59 Å². The van der Waals surface area contributed by atoms with Gasteiger partial charge >= 0.3 is 0 Å². The minimum Gasteiger partial charge on any atom is -0.493 e. The Bertz CT molecular complexity index is 1240. The molecule has 0 fully saturated rings. The van der Waals surface area contributed by atoms with E-state index in [1.165, 1.54) is 27.8 Å². The van der Waals surface area contributed by atoms with E-state index >= 15 is 0 Å². The van der Waals surface area contributed by atoms with Crippen LogP contribution in [0.5, 0.6) is 5.75 Å². The molecule has 0 saturated carbocycles. The molecule has 1 aromatic heterocycles. The number of furan rings is 1. The van der Waals surface area contributed by atoms with Crippen LogP contribution in [0.4, 0.5) is 0 Å². The van der Waals surface area contributed by atoms with E-state index in [1.54, 1.807) is 20.1 Å². The minimum absolute atomic E-state index is 0.266. The Morgan fingerprint density at radius 1 is 0.939 bits per heavy atom. The van der Waals surface area contributed by atoms with Gasteiger partial charge in [-0.2, -0.15) is 0 Å². The molecule has 2 unspecified atom stereocenters. The highest BCUT2D eigenvalue weighted by atomic mass is 79.9. The van der Waals surface area contributed by atoms with E-state index in [4.69, 9.17) is 9.15 Å². The van der Waals surface area contributed by atoms with Crippen LogP contribution >= 0.6 is 15.9 Å². The molecule has 2 aliphatic carbocycles. The molecule has 3 aliphatic rings. The summed E-state index contributed by atoms with van der Waals surface area (Å²) in [5, 5.41) is 1.16. The van der Waals surface area contributed by atoms with Crippen molar-refractivity contribution < 1.29 is 18.7 Å². The molecule has 4 nitrogen and oxygen atoms in total. The summed E-state index contributed by atoms with van der Waals surface area (Å²) in [5.41, 5.74) is 7.84. The van der Waals surface area contributed by atoms with Gasteiger partial charge in [0.2, 0.25) is 0 Å². The van der Waals surface area contributed by atoms with Crippen LogP contribution in [0.2, 0.25) is 0 Å². The molecule has 5 heteroatoms. The molecule has 0 saturated heterocycles. The van der Waals surface area contributed by atoms with Crippen molar-refractivity contribution in [3.05, 3.63) is 62.8 Å². The van der Waals surface area contributed by atoms with Crippen molar-refractivity contribution in [3.8, 4) is 5.75 Å². The van der Waals surface area contributed by atoms with Gasteiger partial charge in [0.25, 0.3) is 0 Å². The van der Waals surface area contributed by atoms with Gasteiger partial charge in [0.05, 0.1) is 17.3 Å². The maximum Gasteiger partial charge on any atom is 0.148 e. The summed E-state index contributed by atoms with van der Waals surface area (Å²) in [5.74, 6) is 2.44. The van der Waals surface area contributed by atoms with Crippen LogP contribution in [-0.4, -0.2) is 18.2 Å². The number of hydrogen-bond donors (Lipinski definition) is 0. The third kappa shape index (κ3) is 4.28. The molecular weight excluding hydrogens is 480 g/mol. The number of benzene rings is 2. The molecule has 0 bridgehead atoms. The lowest BCUT2D eigenvalue weighted by molar-refractivity contribution is -0.118. The van der Waals surface area contributed by atoms with Gasteiger partial charge in [-0.05, 0) is 108 Å². The lowest BCUT2D eigenvalue weighted by Crippen LogP contribution is -2.03. The first-order valence-electron chi connectivity index (χ1n) is 11.9. The average molecular weight is 509 g/mol. The van der Waals surface area contributed by atoms with Crippen molar-refractivity contribution in [2.24, 2.45) is 0 Å². The molecule has 33 heavy (non-hydrogen) atoms. The van der Waals surface area contributed by atoms with Crippen molar-refractivity contribution in [1.29, 1.82) is 0 Å². The van der Waals surface area contributed by atoms with Crippen LogP contribution in [0, 0.1) is 0 Å². The monoisotopic (exact) mass is 508 g/mol. The maximum absolute atomic E-state index is 11.3. The fraction of sp³-hybridized carbons (Fsp3) is 0.429. The van der Waals surface area contributed by atoms with E-state index in [0.29, 0.717) is 30.5 Å². The quantitative estimate of drug-likeness (QED) is 0.387. The Hall–Kier alpha value is -2.40. The molecule has 2 heterocycles. The number of Topliss-reactive ketones (excluding diaryl/α,β-unsaturated/α-hetero) is 2. The van der Waals surface area contributed by atoms with Gasteiger partial charge in [-0.15, -0.1) is 0 Å². The van der Waals surface area contributed by atoms with E-state index in [2.05, 4.69) is 34.1 Å². The standard InChI is InChI=1S/C14H13BrO2.C14H16O2/c1-8(16)6-9-2-3-10-7-12(15)14-11(13(9)10)4-5-17-14;1-9(15)8-11-3-2-10-4-5-13-12(14(10)11)6-7-16-13/h4-5,7,9H,2-3,6H2,1H3;4-5,11H,2-3,6-8H2,1H3. The van der Waals surface area contributed by atoms with E-state index in [-0.39, 0.29) is 5.78 Å². The number of fused-ring (bicyclic) bond motifs is 6. The van der Waals surface area contributed by atoms with Gasteiger partial charge in [0.15, 0.2) is 0 Å². The number of halogens is 1. The fourth-order valence-electron chi connectivity index (χ4n) is 5.99. The highest BCUT2D eigenvalue weighted by molar-refractivity contribution is 9.10. The predicted octanol–water partition coefficient (Wildman–Crippen LogP) is 6.83. The second-order valence-corrected chi connectivity index (χ2v) is 10.4. The number of hydrogen-bond acceptors (Lipinski definition) is 4. The van der Waals surface area contributed by atoms with Crippen LogP contribution < -0.4 is 4.74 Å². The van der Waals surface area contributed by atoms with Crippen molar-refractivity contribution in [2.45, 2.75) is 70.6 Å². The molecule has 1 aliphatic heterocycles. The summed E-state index contributed by atoms with van der Waals surface area (Å²) in [7, 11) is 0. The molecular formula is C28H29BrO4. The zero-order valence-corrected chi connectivity index (χ0v) is 20.8. The topological polar surface area (TPSA) is 56.5 Å². The van der Waals surface area contributed by atoms with Crippen molar-refractivity contribution in [2.75, 3.05) is 6.61 Å². The summed E-state index contributed by atoms with van der Waals surface area (Å²) in [6.45, 7) is 4.17. The smallest absolute Gasteiger partial charge is 0.148 e. The summed E-state index contributed by atoms with van der Waals surface area (Å²) >= 11 is 3.54. The number of ketones is 2. The molecule has 6 rings (SSSR count). The highest BCUT2D eigenvalue weighted by Gasteiger charge is 2.30. The zero-order chi connectivity index (χ0) is 23.1. The van der Waals surface area contributed by atoms with Gasteiger partial charge in [-0.3, -0.25) is 0 Å². The molecule has 2 atom stereocenters. The van der Waals surface area contributed by atoms with Gasteiger partial charge in [-0.25, -0.2) is 0 Å². The SMILES string of the molecule is CC(=O)CC1CCc2cc(Br)c3occc3c21.CC(=O)CC1CCc2ccc3c(c21)CCO3. The number of aryl methyl sites for hydroxylation is 2. The van der Waals surface area contributed by atoms with Crippen molar-refractivity contribution >= 4 is 38.5 Å². The van der Waals surface area contributed by atoms with Gasteiger partial charge in [-0.1, -0.05) is 6.07 Å². The van der Waals surface area contributed by atoms with Crippen LogP contribution in [-0.2, 0) is 28.9 Å². The third-order valence-electron chi connectivity index (χ3n) is 7.24. The number of carbonyl (C=O) groups excluding carboxylic acids is 2. The lowest BCUT2D eigenvalue weighted by Gasteiger charge is -2.13. The highest BCUT2D eigenvalue weighted by Crippen LogP contribution is 2.44. The fourth-order valence-corrected chi connectivity index (χ4v) is 6.57. The predicted molar refractivity (Wildman–Crippen MR) is 132 cm³/mol. The summed E-state index contributed by atoms with van der Waals surface area (Å²) < 4.78 is 12.1. The normalized spacial score (nSPS) is 20.0. The zero-order valence-electron chi connectivity index (χ0n) is 19.2. The van der Waals surface area contributed by atoms with Crippen molar-refractivity contribution in [3.63, 3.8) is 0 Å². The molecule has 0 N–H and O–H groups in total. The first-order valence-corrected chi connectivity index (χ1v) is 12.7. The maximum atomic E-state index is 11.3. The van der Waals surface area contributed by atoms with Crippen molar-refractivity contribution in [1.82, 2.24) is 0 Å². The first-order chi connectivity index (χ1) is 15.9. The lowest BCUT2D eigenvalue weighted by atomic mass is 9.91. The average Bonchev–Trinajstić information content (AvgIpc) is 3.53. The first kappa shape index (κ1) is 22.4.